The molecule has 0 radical (unpaired) electrons. The lowest BCUT2D eigenvalue weighted by atomic mass is 10.1. The minimum Gasteiger partial charge on any atom is -0.303 e. The van der Waals surface area contributed by atoms with E-state index in [1.165, 1.54) is 76.8 Å². The maximum Gasteiger partial charge on any atom is -0.00183 e. The van der Waals surface area contributed by atoms with Crippen LogP contribution in [0, 0.1) is 0 Å². The molecule has 0 N–H and O–H groups in total. The summed E-state index contributed by atoms with van der Waals surface area (Å²) in [6.07, 6.45) is 13.7. The van der Waals surface area contributed by atoms with Crippen molar-refractivity contribution in [1.82, 2.24) is 4.90 Å². The van der Waals surface area contributed by atoms with E-state index in [0.29, 0.717) is 0 Å². The van der Waals surface area contributed by atoms with Crippen LogP contribution in [0.3, 0.4) is 0 Å². The number of hydrogen-bond acceptors (Lipinski definition) is 2. The molecule has 0 unspecified atom stereocenters. The van der Waals surface area contributed by atoms with Gasteiger partial charge in [0.15, 0.2) is 0 Å². The zero-order chi connectivity index (χ0) is 11.1. The zero-order valence-corrected chi connectivity index (χ0v) is 11.2. The Morgan fingerprint density at radius 1 is 1.06 bits per heavy atom. The van der Waals surface area contributed by atoms with Gasteiger partial charge < -0.3 is 4.90 Å². The van der Waals surface area contributed by atoms with Crippen LogP contribution in [-0.2, 0) is 0 Å². The Morgan fingerprint density at radius 2 is 1.94 bits per heavy atom. The van der Waals surface area contributed by atoms with Gasteiger partial charge in [-0.05, 0) is 81.7 Å². The Bertz CT molecular complexity index is 219. The zero-order valence-electron chi connectivity index (χ0n) is 10.4. The fraction of sp³-hybridized carbons (Fsp3) is 0.857. The molecule has 2 heteroatoms. The predicted molar refractivity (Wildman–Crippen MR) is 73.9 cm³/mol. The van der Waals surface area contributed by atoms with Crippen molar-refractivity contribution in [2.24, 2.45) is 0 Å². The van der Waals surface area contributed by atoms with Gasteiger partial charge in [0, 0.05) is 0 Å². The Hall–Kier alpha value is 0.0500. The molecule has 2 aliphatic rings. The van der Waals surface area contributed by atoms with Crippen molar-refractivity contribution in [2.45, 2.75) is 51.4 Å². The van der Waals surface area contributed by atoms with Gasteiger partial charge in [0.2, 0.25) is 0 Å². The number of unbranched alkanes of at least 4 members (excludes halogenated alkanes) is 1. The van der Waals surface area contributed by atoms with Gasteiger partial charge in [-0.1, -0.05) is 6.08 Å². The van der Waals surface area contributed by atoms with Crippen molar-refractivity contribution in [3.05, 3.63) is 11.0 Å². The van der Waals surface area contributed by atoms with Crippen LogP contribution in [0.15, 0.2) is 11.0 Å². The molecule has 0 aromatic rings. The van der Waals surface area contributed by atoms with Gasteiger partial charge in [0.25, 0.3) is 0 Å². The SMILES string of the molecule is C1=C(SCCCCN2CCCC2)CCCC1. The third-order valence-electron chi connectivity index (χ3n) is 3.60. The highest BCUT2D eigenvalue weighted by Gasteiger charge is 2.10. The number of allylic oxidation sites excluding steroid dienone is 2. The fourth-order valence-corrected chi connectivity index (χ4v) is 3.72. The van der Waals surface area contributed by atoms with E-state index in [9.17, 15) is 0 Å². The summed E-state index contributed by atoms with van der Waals surface area (Å²) in [7, 11) is 0. The van der Waals surface area contributed by atoms with Gasteiger partial charge in [-0.2, -0.15) is 0 Å². The van der Waals surface area contributed by atoms with Crippen molar-refractivity contribution in [3.63, 3.8) is 0 Å². The van der Waals surface area contributed by atoms with Gasteiger partial charge >= 0.3 is 0 Å². The first kappa shape index (κ1) is 12.5. The van der Waals surface area contributed by atoms with Crippen molar-refractivity contribution in [3.8, 4) is 0 Å². The minimum atomic E-state index is 1.33. The van der Waals surface area contributed by atoms with Gasteiger partial charge in [-0.3, -0.25) is 0 Å². The van der Waals surface area contributed by atoms with Crippen molar-refractivity contribution in [2.75, 3.05) is 25.4 Å². The van der Waals surface area contributed by atoms with Gasteiger partial charge in [0.1, 0.15) is 0 Å². The average Bonchev–Trinajstić information content (AvgIpc) is 2.83. The molecular formula is C14H25NS. The molecule has 92 valence electrons. The standard InChI is InChI=1S/C14H25NS/c1-2-8-14(9-3-1)16-13-7-6-12-15-10-4-5-11-15/h8H,1-7,9-13H2. The number of rotatable bonds is 6. The fourth-order valence-electron chi connectivity index (χ4n) is 2.59. The second-order valence-corrected chi connectivity index (χ2v) is 6.24. The molecule has 0 saturated carbocycles. The molecule has 0 aromatic carbocycles. The first-order valence-corrected chi connectivity index (χ1v) is 7.98. The smallest absolute Gasteiger partial charge is 0.00183 e. The van der Waals surface area contributed by atoms with Crippen LogP contribution in [0.25, 0.3) is 0 Å². The molecule has 0 bridgehead atoms. The van der Waals surface area contributed by atoms with Crippen LogP contribution in [0.1, 0.15) is 51.4 Å². The van der Waals surface area contributed by atoms with E-state index in [4.69, 9.17) is 0 Å². The highest BCUT2D eigenvalue weighted by molar-refractivity contribution is 8.03. The highest BCUT2D eigenvalue weighted by Crippen LogP contribution is 2.27. The summed E-state index contributed by atoms with van der Waals surface area (Å²) >= 11 is 2.12. The Balaban J connectivity index is 1.46. The molecule has 1 nitrogen and oxygen atoms in total. The maximum absolute atomic E-state index is 2.63. The van der Waals surface area contributed by atoms with Crippen molar-refractivity contribution >= 4 is 11.8 Å². The number of thioether (sulfide) groups is 1. The predicted octanol–water partition coefficient (Wildman–Crippen LogP) is 4.05. The first-order valence-electron chi connectivity index (χ1n) is 6.99. The molecular weight excluding hydrogens is 214 g/mol. The third kappa shape index (κ3) is 4.50. The van der Waals surface area contributed by atoms with Gasteiger partial charge in [-0.25, -0.2) is 0 Å². The molecule has 16 heavy (non-hydrogen) atoms. The third-order valence-corrected chi connectivity index (χ3v) is 4.84. The topological polar surface area (TPSA) is 3.24 Å². The summed E-state index contributed by atoms with van der Waals surface area (Å²) in [6.45, 7) is 4.07. The second-order valence-electron chi connectivity index (χ2n) is 5.02. The van der Waals surface area contributed by atoms with Crippen LogP contribution in [0.2, 0.25) is 0 Å². The highest BCUT2D eigenvalue weighted by atomic mass is 32.2. The van der Waals surface area contributed by atoms with Crippen LogP contribution in [-0.4, -0.2) is 30.3 Å². The van der Waals surface area contributed by atoms with Gasteiger partial charge in [0.05, 0.1) is 0 Å². The molecule has 1 aliphatic heterocycles. The normalized spacial score (nSPS) is 22.4. The summed E-state index contributed by atoms with van der Waals surface area (Å²) in [4.78, 5) is 4.30. The molecule has 1 fully saturated rings. The number of likely N-dealkylation sites (tertiary alicyclic amines) is 1. The van der Waals surface area contributed by atoms with Crippen LogP contribution >= 0.6 is 11.8 Å². The molecule has 1 aliphatic carbocycles. The second kappa shape index (κ2) is 7.39. The number of nitrogens with zero attached hydrogens (tertiary/aromatic N) is 1. The van der Waals surface area contributed by atoms with Crippen LogP contribution < -0.4 is 0 Å². The Labute approximate surface area is 105 Å². The van der Waals surface area contributed by atoms with Gasteiger partial charge in [-0.15, -0.1) is 11.8 Å². The van der Waals surface area contributed by atoms with Crippen molar-refractivity contribution < 1.29 is 0 Å². The van der Waals surface area contributed by atoms with E-state index in [-0.39, 0.29) is 0 Å². The van der Waals surface area contributed by atoms with Crippen molar-refractivity contribution in [1.29, 1.82) is 0 Å². The first-order chi connectivity index (χ1) is 7.95. The van der Waals surface area contributed by atoms with E-state index in [1.54, 1.807) is 4.91 Å². The van der Waals surface area contributed by atoms with Crippen LogP contribution in [0.4, 0.5) is 0 Å². The van der Waals surface area contributed by atoms with E-state index < -0.39 is 0 Å². The lowest BCUT2D eigenvalue weighted by Crippen LogP contribution is -2.20. The number of hydrogen-bond donors (Lipinski definition) is 0. The largest absolute Gasteiger partial charge is 0.303 e. The minimum absolute atomic E-state index is 1.33. The van der Waals surface area contributed by atoms with E-state index in [1.807, 2.05) is 0 Å². The summed E-state index contributed by atoms with van der Waals surface area (Å²) in [5, 5.41) is 0. The summed E-state index contributed by atoms with van der Waals surface area (Å²) in [5.74, 6) is 1.35. The monoisotopic (exact) mass is 239 g/mol. The molecule has 1 saturated heterocycles. The Kier molecular flexibility index (Phi) is 5.78. The molecule has 1 heterocycles. The average molecular weight is 239 g/mol. The molecule has 0 aromatic heterocycles. The molecule has 2 rings (SSSR count). The lowest BCUT2D eigenvalue weighted by molar-refractivity contribution is 0.333. The maximum atomic E-state index is 2.63. The van der Waals surface area contributed by atoms with E-state index in [2.05, 4.69) is 22.7 Å². The summed E-state index contributed by atoms with van der Waals surface area (Å²) < 4.78 is 0. The quantitative estimate of drug-likeness (QED) is 0.643. The van der Waals surface area contributed by atoms with E-state index in [0.717, 1.165) is 0 Å². The molecule has 0 atom stereocenters. The summed E-state index contributed by atoms with van der Waals surface area (Å²) in [6, 6.07) is 0. The molecule has 0 amide bonds. The lowest BCUT2D eigenvalue weighted by Gasteiger charge is -2.14. The molecule has 0 spiro atoms. The van der Waals surface area contributed by atoms with Crippen LogP contribution in [0.5, 0.6) is 0 Å². The Morgan fingerprint density at radius 3 is 2.69 bits per heavy atom. The van der Waals surface area contributed by atoms with E-state index >= 15 is 0 Å². The summed E-state index contributed by atoms with van der Waals surface area (Å²) in [5.41, 5.74) is 0.